The molecule has 0 fully saturated rings. The molecule has 0 aliphatic heterocycles. The molecule has 0 aliphatic rings. The van der Waals surface area contributed by atoms with Crippen molar-refractivity contribution in [2.75, 3.05) is 13.2 Å². The summed E-state index contributed by atoms with van der Waals surface area (Å²) in [6.45, 7) is 6.84. The summed E-state index contributed by atoms with van der Waals surface area (Å²) in [5, 5.41) is 13.7. The maximum atomic E-state index is 13.2. The molecule has 34 heavy (non-hydrogen) atoms. The van der Waals surface area contributed by atoms with E-state index in [1.165, 1.54) is 0 Å². The van der Waals surface area contributed by atoms with Crippen LogP contribution in [0.2, 0.25) is 0 Å². The van der Waals surface area contributed by atoms with Gasteiger partial charge in [-0.25, -0.2) is 9.78 Å². The summed E-state index contributed by atoms with van der Waals surface area (Å²) in [7, 11) is 1.78. The van der Waals surface area contributed by atoms with E-state index >= 15 is 0 Å². The molecule has 10 heteroatoms. The third-order valence-corrected chi connectivity index (χ3v) is 5.47. The zero-order valence-electron chi connectivity index (χ0n) is 19.7. The fourth-order valence-electron chi connectivity index (χ4n) is 3.88. The third kappa shape index (κ3) is 6.47. The van der Waals surface area contributed by atoms with Crippen LogP contribution < -0.4 is 10.3 Å². The Kier molecular flexibility index (Phi) is 10.8. The molecule has 9 nitrogen and oxygen atoms in total. The predicted molar refractivity (Wildman–Crippen MR) is 132 cm³/mol. The van der Waals surface area contributed by atoms with Gasteiger partial charge in [-0.15, -0.1) is 0 Å². The Hall–Kier alpha value is -2.20. The van der Waals surface area contributed by atoms with Gasteiger partial charge in [0.25, 0.3) is 5.56 Å². The first kappa shape index (κ1) is 28.0. The van der Waals surface area contributed by atoms with Crippen LogP contribution in [-0.2, 0) is 42.4 Å². The molecule has 0 spiro atoms. The molecule has 2 heterocycles. The number of aliphatic carboxylic acids is 1. The van der Waals surface area contributed by atoms with E-state index in [-0.39, 0.29) is 41.5 Å². The second-order valence-corrected chi connectivity index (χ2v) is 7.83. The normalized spacial score (nSPS) is 11.9. The van der Waals surface area contributed by atoms with Gasteiger partial charge in [0, 0.05) is 26.5 Å². The number of carboxylic acids is 1. The summed E-state index contributed by atoms with van der Waals surface area (Å²) in [5.41, 5.74) is 2.81. The average molecular weight is 481 g/mol. The first-order valence-electron chi connectivity index (χ1n) is 11.4. The SMILES string of the molecule is CCCc1nn(C)c2c(=O)n(CCOc3ccc(CC(OCC)C(=O)O)cc3)c(CC)nc12.[NaH]. The van der Waals surface area contributed by atoms with Crippen molar-refractivity contribution < 1.29 is 19.4 Å². The molecule has 2 aromatic heterocycles. The van der Waals surface area contributed by atoms with Crippen LogP contribution in [0.1, 0.15) is 44.3 Å². The van der Waals surface area contributed by atoms with Crippen molar-refractivity contribution in [1.29, 1.82) is 0 Å². The number of aromatic nitrogens is 4. The summed E-state index contributed by atoms with van der Waals surface area (Å²) in [6, 6.07) is 7.24. The first-order valence-corrected chi connectivity index (χ1v) is 11.4. The van der Waals surface area contributed by atoms with E-state index in [1.54, 1.807) is 35.4 Å². The molecule has 1 aromatic carbocycles. The van der Waals surface area contributed by atoms with E-state index in [1.807, 2.05) is 19.1 Å². The Morgan fingerprint density at radius 2 is 1.88 bits per heavy atom. The van der Waals surface area contributed by atoms with Crippen molar-refractivity contribution in [3.63, 3.8) is 0 Å². The number of hydrogen-bond donors (Lipinski definition) is 1. The zero-order valence-corrected chi connectivity index (χ0v) is 19.7. The molecule has 0 aliphatic carbocycles. The van der Waals surface area contributed by atoms with Crippen LogP contribution in [0.25, 0.3) is 11.0 Å². The van der Waals surface area contributed by atoms with Crippen LogP contribution in [0, 0.1) is 0 Å². The van der Waals surface area contributed by atoms with E-state index in [2.05, 4.69) is 12.0 Å². The number of aryl methyl sites for hydroxylation is 3. The molecule has 0 saturated carbocycles. The first-order chi connectivity index (χ1) is 15.9. The Morgan fingerprint density at radius 3 is 2.47 bits per heavy atom. The monoisotopic (exact) mass is 480 g/mol. The quantitative estimate of drug-likeness (QED) is 0.396. The molecule has 0 amide bonds. The van der Waals surface area contributed by atoms with Crippen molar-refractivity contribution in [3.8, 4) is 5.75 Å². The van der Waals surface area contributed by atoms with Crippen LogP contribution in [0.3, 0.4) is 0 Å². The Labute approximate surface area is 221 Å². The van der Waals surface area contributed by atoms with Crippen molar-refractivity contribution >= 4 is 46.6 Å². The fraction of sp³-hybridized carbons (Fsp3) is 0.500. The maximum absolute atomic E-state index is 13.2. The molecular weight excluding hydrogens is 447 g/mol. The number of fused-ring (bicyclic) bond motifs is 1. The van der Waals surface area contributed by atoms with Gasteiger partial charge in [0.2, 0.25) is 0 Å². The van der Waals surface area contributed by atoms with Crippen molar-refractivity contribution in [2.45, 2.75) is 59.1 Å². The predicted octanol–water partition coefficient (Wildman–Crippen LogP) is 2.11. The number of carboxylic acid groups (broad SMARTS) is 1. The Morgan fingerprint density at radius 1 is 1.18 bits per heavy atom. The van der Waals surface area contributed by atoms with Crippen LogP contribution in [0.15, 0.2) is 29.1 Å². The average Bonchev–Trinajstić information content (AvgIpc) is 3.11. The topological polar surface area (TPSA) is 108 Å². The Balaban J connectivity index is 0.00000408. The van der Waals surface area contributed by atoms with E-state index in [4.69, 9.17) is 14.5 Å². The molecule has 1 atom stereocenters. The zero-order chi connectivity index (χ0) is 24.0. The van der Waals surface area contributed by atoms with E-state index < -0.39 is 12.1 Å². The van der Waals surface area contributed by atoms with Crippen LogP contribution in [-0.4, -0.2) is 79.3 Å². The molecule has 0 bridgehead atoms. The summed E-state index contributed by atoms with van der Waals surface area (Å²) in [5.74, 6) is 0.385. The number of nitrogens with zero attached hydrogens (tertiary/aromatic N) is 4. The molecule has 180 valence electrons. The van der Waals surface area contributed by atoms with Gasteiger partial charge < -0.3 is 14.6 Å². The van der Waals surface area contributed by atoms with Gasteiger partial charge in [-0.05, 0) is 31.0 Å². The number of ether oxygens (including phenoxy) is 2. The number of benzene rings is 1. The van der Waals surface area contributed by atoms with E-state index in [0.29, 0.717) is 48.8 Å². The molecular formula is C24H33N4NaO5. The summed E-state index contributed by atoms with van der Waals surface area (Å²) < 4.78 is 14.4. The van der Waals surface area contributed by atoms with Gasteiger partial charge in [-0.3, -0.25) is 14.0 Å². The van der Waals surface area contributed by atoms with Gasteiger partial charge in [0.15, 0.2) is 11.6 Å². The van der Waals surface area contributed by atoms with Crippen LogP contribution in [0.5, 0.6) is 5.75 Å². The molecule has 1 N–H and O–H groups in total. The molecule has 1 unspecified atom stereocenters. The van der Waals surface area contributed by atoms with Gasteiger partial charge >= 0.3 is 35.5 Å². The van der Waals surface area contributed by atoms with E-state index in [9.17, 15) is 14.7 Å². The number of hydrogen-bond acceptors (Lipinski definition) is 6. The van der Waals surface area contributed by atoms with Gasteiger partial charge in [-0.2, -0.15) is 5.10 Å². The van der Waals surface area contributed by atoms with Crippen molar-refractivity contribution in [1.82, 2.24) is 19.3 Å². The summed E-state index contributed by atoms with van der Waals surface area (Å²) in [6.07, 6.45) is 1.77. The standard InChI is InChI=1S/C24H32N4O5.Na.H/c1-5-8-18-21-22(27(4)26-18)23(29)28(20(6-2)25-21)13-14-33-17-11-9-16(10-12-17)15-19(24(30)31)32-7-3;;/h9-12,19H,5-8,13-15H2,1-4H3,(H,30,31);;. The second kappa shape index (κ2) is 13.0. The van der Waals surface area contributed by atoms with Gasteiger partial charge in [0.05, 0.1) is 12.2 Å². The minimum absolute atomic E-state index is 0. The van der Waals surface area contributed by atoms with Gasteiger partial charge in [0.1, 0.15) is 23.7 Å². The van der Waals surface area contributed by atoms with Gasteiger partial charge in [-0.1, -0.05) is 32.4 Å². The summed E-state index contributed by atoms with van der Waals surface area (Å²) >= 11 is 0. The fourth-order valence-corrected chi connectivity index (χ4v) is 3.88. The minimum atomic E-state index is -0.977. The summed E-state index contributed by atoms with van der Waals surface area (Å²) in [4.78, 5) is 29.2. The van der Waals surface area contributed by atoms with Crippen molar-refractivity contribution in [2.24, 2.45) is 7.05 Å². The molecule has 0 radical (unpaired) electrons. The Bertz CT molecular complexity index is 1160. The van der Waals surface area contributed by atoms with E-state index in [0.717, 1.165) is 24.1 Å². The number of carbonyl (C=O) groups is 1. The van der Waals surface area contributed by atoms with Crippen molar-refractivity contribution in [3.05, 3.63) is 51.7 Å². The molecule has 3 rings (SSSR count). The number of rotatable bonds is 12. The third-order valence-electron chi connectivity index (χ3n) is 5.47. The second-order valence-electron chi connectivity index (χ2n) is 7.83. The van der Waals surface area contributed by atoms with Crippen LogP contribution >= 0.6 is 0 Å². The van der Waals surface area contributed by atoms with Crippen LogP contribution in [0.4, 0.5) is 0 Å². The molecule has 0 saturated heterocycles. The molecule has 3 aromatic rings.